The van der Waals surface area contributed by atoms with Gasteiger partial charge in [-0.05, 0) is 18.4 Å². The molecule has 1 aliphatic carbocycles. The molecular weight excluding hydrogens is 226 g/mol. The largest absolute Gasteiger partial charge is 0.375 e. The van der Waals surface area contributed by atoms with Crippen molar-refractivity contribution in [3.63, 3.8) is 0 Å². The first-order valence-corrected chi connectivity index (χ1v) is 6.67. The minimum Gasteiger partial charge on any atom is -0.375 e. The average molecular weight is 245 g/mol. The van der Waals surface area contributed by atoms with Gasteiger partial charge in [0.2, 0.25) is 0 Å². The standard InChI is InChI=1S/C15H19NO2/c17-12-15(6-7-15)14-11-16(8-9-18-14)10-13-4-2-1-3-5-13/h1-5,12,14H,6-11H2. The van der Waals surface area contributed by atoms with Gasteiger partial charge in [0.25, 0.3) is 0 Å². The Morgan fingerprint density at radius 3 is 2.78 bits per heavy atom. The minimum atomic E-state index is -0.157. The molecule has 1 unspecified atom stereocenters. The van der Waals surface area contributed by atoms with Crippen molar-refractivity contribution in [1.29, 1.82) is 0 Å². The van der Waals surface area contributed by atoms with Crippen molar-refractivity contribution in [2.24, 2.45) is 5.41 Å². The van der Waals surface area contributed by atoms with Gasteiger partial charge < -0.3 is 9.53 Å². The fraction of sp³-hybridized carbons (Fsp3) is 0.533. The van der Waals surface area contributed by atoms with Crippen LogP contribution in [0.25, 0.3) is 0 Å². The molecule has 3 nitrogen and oxygen atoms in total. The van der Waals surface area contributed by atoms with Crippen molar-refractivity contribution >= 4 is 6.29 Å². The van der Waals surface area contributed by atoms with Crippen molar-refractivity contribution in [2.45, 2.75) is 25.5 Å². The summed E-state index contributed by atoms with van der Waals surface area (Å²) in [5.74, 6) is 0. The van der Waals surface area contributed by atoms with Gasteiger partial charge in [0.05, 0.1) is 18.1 Å². The molecule has 0 radical (unpaired) electrons. The van der Waals surface area contributed by atoms with Crippen LogP contribution >= 0.6 is 0 Å². The van der Waals surface area contributed by atoms with E-state index in [1.807, 2.05) is 6.07 Å². The lowest BCUT2D eigenvalue weighted by atomic mass is 9.99. The molecule has 18 heavy (non-hydrogen) atoms. The Labute approximate surface area is 108 Å². The number of nitrogens with zero attached hydrogens (tertiary/aromatic N) is 1. The summed E-state index contributed by atoms with van der Waals surface area (Å²) in [6.45, 7) is 3.54. The first kappa shape index (κ1) is 11.9. The number of carbonyl (C=O) groups excluding carboxylic acids is 1. The van der Waals surface area contributed by atoms with Crippen molar-refractivity contribution in [3.05, 3.63) is 35.9 Å². The average Bonchev–Trinajstić information content (AvgIpc) is 3.21. The monoisotopic (exact) mass is 245 g/mol. The molecule has 3 rings (SSSR count). The topological polar surface area (TPSA) is 29.5 Å². The summed E-state index contributed by atoms with van der Waals surface area (Å²) in [4.78, 5) is 13.6. The molecule has 1 aromatic carbocycles. The summed E-state index contributed by atoms with van der Waals surface area (Å²) in [5, 5.41) is 0. The van der Waals surface area contributed by atoms with Crippen LogP contribution < -0.4 is 0 Å². The van der Waals surface area contributed by atoms with E-state index in [0.29, 0.717) is 0 Å². The number of aldehydes is 1. The highest BCUT2D eigenvalue weighted by molar-refractivity contribution is 5.64. The smallest absolute Gasteiger partial charge is 0.128 e. The zero-order valence-electron chi connectivity index (χ0n) is 10.5. The number of morpholine rings is 1. The van der Waals surface area contributed by atoms with Gasteiger partial charge in [-0.15, -0.1) is 0 Å². The molecule has 3 heteroatoms. The molecule has 0 spiro atoms. The normalized spacial score (nSPS) is 26.8. The number of hydrogen-bond acceptors (Lipinski definition) is 3. The van der Waals surface area contributed by atoms with Crippen LogP contribution in [0.3, 0.4) is 0 Å². The van der Waals surface area contributed by atoms with Gasteiger partial charge in [-0.2, -0.15) is 0 Å². The van der Waals surface area contributed by atoms with Gasteiger partial charge >= 0.3 is 0 Å². The van der Waals surface area contributed by atoms with E-state index in [-0.39, 0.29) is 11.5 Å². The van der Waals surface area contributed by atoms with Crippen LogP contribution in [0.15, 0.2) is 30.3 Å². The number of hydrogen-bond donors (Lipinski definition) is 0. The molecule has 1 saturated heterocycles. The number of ether oxygens (including phenoxy) is 1. The second kappa shape index (κ2) is 4.82. The van der Waals surface area contributed by atoms with E-state index in [1.54, 1.807) is 0 Å². The third-order valence-corrected chi connectivity index (χ3v) is 4.10. The summed E-state index contributed by atoms with van der Waals surface area (Å²) in [5.41, 5.74) is 1.17. The van der Waals surface area contributed by atoms with E-state index in [0.717, 1.165) is 45.4 Å². The van der Waals surface area contributed by atoms with Crippen LogP contribution in [0.2, 0.25) is 0 Å². The summed E-state index contributed by atoms with van der Waals surface area (Å²) in [6, 6.07) is 10.5. The molecule has 0 bridgehead atoms. The third-order valence-electron chi connectivity index (χ3n) is 4.10. The van der Waals surface area contributed by atoms with Crippen molar-refractivity contribution in [2.75, 3.05) is 19.7 Å². The summed E-state index contributed by atoms with van der Waals surface area (Å²) in [7, 11) is 0. The van der Waals surface area contributed by atoms with Crippen molar-refractivity contribution in [1.82, 2.24) is 4.90 Å². The SMILES string of the molecule is O=CC1(C2CN(Cc3ccccc3)CCO2)CC1. The Balaban J connectivity index is 1.62. The summed E-state index contributed by atoms with van der Waals surface area (Å²) in [6.07, 6.45) is 3.22. The van der Waals surface area contributed by atoms with Crippen molar-refractivity contribution < 1.29 is 9.53 Å². The molecule has 2 fully saturated rings. The van der Waals surface area contributed by atoms with Gasteiger partial charge in [-0.3, -0.25) is 4.90 Å². The van der Waals surface area contributed by atoms with E-state index < -0.39 is 0 Å². The van der Waals surface area contributed by atoms with Gasteiger partial charge in [0.15, 0.2) is 0 Å². The second-order valence-electron chi connectivity index (χ2n) is 5.43. The van der Waals surface area contributed by atoms with Crippen LogP contribution in [-0.4, -0.2) is 37.0 Å². The lowest BCUT2D eigenvalue weighted by Crippen LogP contribution is -2.46. The second-order valence-corrected chi connectivity index (χ2v) is 5.43. The van der Waals surface area contributed by atoms with Gasteiger partial charge in [0.1, 0.15) is 6.29 Å². The quantitative estimate of drug-likeness (QED) is 0.758. The fourth-order valence-electron chi connectivity index (χ4n) is 2.70. The molecule has 1 saturated carbocycles. The Bertz CT molecular complexity index is 414. The van der Waals surface area contributed by atoms with Gasteiger partial charge in [0, 0.05) is 19.6 Å². The fourth-order valence-corrected chi connectivity index (χ4v) is 2.70. The van der Waals surface area contributed by atoms with E-state index in [1.165, 1.54) is 5.56 Å². The molecule has 1 aromatic rings. The van der Waals surface area contributed by atoms with Crippen LogP contribution in [0.4, 0.5) is 0 Å². The molecule has 0 N–H and O–H groups in total. The predicted octanol–water partition coefficient (Wildman–Crippen LogP) is 1.87. The molecule has 0 aromatic heterocycles. The van der Waals surface area contributed by atoms with Crippen LogP contribution in [0.5, 0.6) is 0 Å². The summed E-state index contributed by atoms with van der Waals surface area (Å²) >= 11 is 0. The Morgan fingerprint density at radius 1 is 1.33 bits per heavy atom. The molecule has 1 aliphatic heterocycles. The molecule has 1 heterocycles. The molecule has 0 amide bonds. The number of benzene rings is 1. The highest BCUT2D eigenvalue weighted by Gasteiger charge is 2.51. The molecule has 2 aliphatic rings. The first-order valence-electron chi connectivity index (χ1n) is 6.67. The molecular formula is C15H19NO2. The lowest BCUT2D eigenvalue weighted by molar-refractivity contribution is -0.123. The first-order chi connectivity index (χ1) is 8.82. The number of rotatable bonds is 4. The zero-order chi connectivity index (χ0) is 12.4. The maximum atomic E-state index is 11.2. The van der Waals surface area contributed by atoms with E-state index in [2.05, 4.69) is 29.2 Å². The van der Waals surface area contributed by atoms with Gasteiger partial charge in [-0.25, -0.2) is 0 Å². The lowest BCUT2D eigenvalue weighted by Gasteiger charge is -2.35. The maximum Gasteiger partial charge on any atom is 0.128 e. The molecule has 96 valence electrons. The van der Waals surface area contributed by atoms with E-state index >= 15 is 0 Å². The minimum absolute atomic E-state index is 0.104. The van der Waals surface area contributed by atoms with Gasteiger partial charge in [-0.1, -0.05) is 30.3 Å². The Hall–Kier alpha value is -1.19. The van der Waals surface area contributed by atoms with Crippen LogP contribution in [-0.2, 0) is 16.1 Å². The van der Waals surface area contributed by atoms with E-state index in [9.17, 15) is 4.79 Å². The third kappa shape index (κ3) is 2.33. The number of carbonyl (C=O) groups is 1. The van der Waals surface area contributed by atoms with Crippen LogP contribution in [0, 0.1) is 5.41 Å². The maximum absolute atomic E-state index is 11.2. The van der Waals surface area contributed by atoms with E-state index in [4.69, 9.17) is 4.74 Å². The molecule has 1 atom stereocenters. The predicted molar refractivity (Wildman–Crippen MR) is 69.2 cm³/mol. The Morgan fingerprint density at radius 2 is 2.11 bits per heavy atom. The highest BCUT2D eigenvalue weighted by Crippen LogP contribution is 2.48. The summed E-state index contributed by atoms with van der Waals surface area (Å²) < 4.78 is 5.79. The van der Waals surface area contributed by atoms with Crippen molar-refractivity contribution in [3.8, 4) is 0 Å². The van der Waals surface area contributed by atoms with Crippen LogP contribution in [0.1, 0.15) is 18.4 Å². The Kier molecular flexibility index (Phi) is 3.18. The zero-order valence-corrected chi connectivity index (χ0v) is 10.5. The highest BCUT2D eigenvalue weighted by atomic mass is 16.5.